The molecule has 0 atom stereocenters. The van der Waals surface area contributed by atoms with E-state index in [4.69, 9.17) is 0 Å². The number of anilines is 1. The molecule has 5 nitrogen and oxygen atoms in total. The van der Waals surface area contributed by atoms with Crippen molar-refractivity contribution in [2.45, 2.75) is 13.3 Å². The van der Waals surface area contributed by atoms with E-state index in [1.165, 1.54) is 5.56 Å². The molecule has 2 heterocycles. The van der Waals surface area contributed by atoms with Gasteiger partial charge in [-0.2, -0.15) is 5.10 Å². The number of rotatable bonds is 5. The molecule has 0 saturated carbocycles. The highest BCUT2D eigenvalue weighted by molar-refractivity contribution is 7.13. The van der Waals surface area contributed by atoms with Crippen molar-refractivity contribution in [3.05, 3.63) is 77.4 Å². The zero-order valence-corrected chi connectivity index (χ0v) is 15.6. The second-order valence-electron chi connectivity index (χ2n) is 6.29. The van der Waals surface area contributed by atoms with Gasteiger partial charge in [0.1, 0.15) is 5.01 Å². The first-order valence-electron chi connectivity index (χ1n) is 8.58. The Morgan fingerprint density at radius 1 is 1.11 bits per heavy atom. The monoisotopic (exact) mass is 374 g/mol. The van der Waals surface area contributed by atoms with Crippen molar-refractivity contribution in [2.24, 2.45) is 0 Å². The van der Waals surface area contributed by atoms with Crippen molar-refractivity contribution < 1.29 is 4.79 Å². The van der Waals surface area contributed by atoms with Gasteiger partial charge in [0, 0.05) is 22.8 Å². The molecule has 0 aliphatic rings. The van der Waals surface area contributed by atoms with Crippen molar-refractivity contribution in [3.8, 4) is 21.8 Å². The fourth-order valence-electron chi connectivity index (χ4n) is 2.82. The van der Waals surface area contributed by atoms with Crippen LogP contribution in [0.2, 0.25) is 0 Å². The van der Waals surface area contributed by atoms with Gasteiger partial charge in [-0.25, -0.2) is 4.98 Å². The third kappa shape index (κ3) is 4.12. The number of aromatic amines is 1. The van der Waals surface area contributed by atoms with E-state index in [0.717, 1.165) is 33.2 Å². The van der Waals surface area contributed by atoms with Crippen LogP contribution < -0.4 is 5.32 Å². The Morgan fingerprint density at radius 3 is 2.70 bits per heavy atom. The van der Waals surface area contributed by atoms with Gasteiger partial charge in [0.2, 0.25) is 5.91 Å². The highest BCUT2D eigenvalue weighted by atomic mass is 32.1. The number of thiazole rings is 1. The van der Waals surface area contributed by atoms with Gasteiger partial charge < -0.3 is 5.32 Å². The predicted octanol–water partition coefficient (Wildman–Crippen LogP) is 4.69. The average molecular weight is 374 g/mol. The Morgan fingerprint density at radius 2 is 1.96 bits per heavy atom. The second-order valence-corrected chi connectivity index (χ2v) is 7.14. The zero-order valence-electron chi connectivity index (χ0n) is 14.8. The van der Waals surface area contributed by atoms with Gasteiger partial charge in [0.15, 0.2) is 0 Å². The third-order valence-corrected chi connectivity index (χ3v) is 5.08. The van der Waals surface area contributed by atoms with Crippen LogP contribution in [0, 0.1) is 6.92 Å². The van der Waals surface area contributed by atoms with Crippen LogP contribution in [-0.4, -0.2) is 21.1 Å². The first kappa shape index (κ1) is 17.2. The van der Waals surface area contributed by atoms with E-state index in [1.807, 2.05) is 47.8 Å². The third-order valence-electron chi connectivity index (χ3n) is 4.14. The average Bonchev–Trinajstić information content (AvgIpc) is 3.34. The quantitative estimate of drug-likeness (QED) is 0.532. The Kier molecular flexibility index (Phi) is 4.80. The molecule has 4 aromatic rings. The topological polar surface area (TPSA) is 70.7 Å². The fourth-order valence-corrected chi connectivity index (χ4v) is 3.64. The lowest BCUT2D eigenvalue weighted by Crippen LogP contribution is -2.14. The Labute approximate surface area is 161 Å². The molecule has 4 rings (SSSR count). The van der Waals surface area contributed by atoms with Gasteiger partial charge in [-0.05, 0) is 36.8 Å². The second kappa shape index (κ2) is 7.55. The number of benzene rings is 2. The molecule has 1 amide bonds. The lowest BCUT2D eigenvalue weighted by molar-refractivity contribution is -0.115. The van der Waals surface area contributed by atoms with Crippen molar-refractivity contribution in [2.75, 3.05) is 5.32 Å². The van der Waals surface area contributed by atoms with Crippen LogP contribution in [0.4, 0.5) is 5.69 Å². The SMILES string of the molecule is Cc1cccc(-c2nc(CC(=O)Nc3ccc(-c4ccn[nH]4)cc3)cs2)c1. The van der Waals surface area contributed by atoms with E-state index in [1.54, 1.807) is 17.5 Å². The van der Waals surface area contributed by atoms with Gasteiger partial charge in [-0.1, -0.05) is 35.9 Å². The molecule has 0 unspecified atom stereocenters. The minimum Gasteiger partial charge on any atom is -0.326 e. The molecule has 27 heavy (non-hydrogen) atoms. The number of amides is 1. The molecule has 0 bridgehead atoms. The van der Waals surface area contributed by atoms with Crippen LogP contribution in [0.1, 0.15) is 11.3 Å². The van der Waals surface area contributed by atoms with Crippen LogP contribution in [0.3, 0.4) is 0 Å². The summed E-state index contributed by atoms with van der Waals surface area (Å²) in [6, 6.07) is 17.8. The van der Waals surface area contributed by atoms with Crippen LogP contribution in [-0.2, 0) is 11.2 Å². The number of carbonyl (C=O) groups is 1. The van der Waals surface area contributed by atoms with Crippen LogP contribution in [0.25, 0.3) is 21.8 Å². The van der Waals surface area contributed by atoms with Crippen molar-refractivity contribution >= 4 is 22.9 Å². The van der Waals surface area contributed by atoms with E-state index in [-0.39, 0.29) is 12.3 Å². The van der Waals surface area contributed by atoms with Crippen LogP contribution in [0.15, 0.2) is 66.2 Å². The van der Waals surface area contributed by atoms with Crippen molar-refractivity contribution in [3.63, 3.8) is 0 Å². The Balaban J connectivity index is 1.40. The van der Waals surface area contributed by atoms with Crippen LogP contribution in [0.5, 0.6) is 0 Å². The molecule has 0 spiro atoms. The van der Waals surface area contributed by atoms with Gasteiger partial charge in [-0.15, -0.1) is 11.3 Å². The van der Waals surface area contributed by atoms with Gasteiger partial charge in [0.05, 0.1) is 17.8 Å². The van der Waals surface area contributed by atoms with E-state index >= 15 is 0 Å². The molecule has 0 fully saturated rings. The summed E-state index contributed by atoms with van der Waals surface area (Å²) in [7, 11) is 0. The summed E-state index contributed by atoms with van der Waals surface area (Å²) >= 11 is 1.56. The maximum absolute atomic E-state index is 12.3. The Hall–Kier alpha value is -3.25. The summed E-state index contributed by atoms with van der Waals surface area (Å²) < 4.78 is 0. The van der Waals surface area contributed by atoms with Crippen molar-refractivity contribution in [1.82, 2.24) is 15.2 Å². The molecular weight excluding hydrogens is 356 g/mol. The highest BCUT2D eigenvalue weighted by Crippen LogP contribution is 2.25. The van der Waals surface area contributed by atoms with E-state index in [9.17, 15) is 4.79 Å². The first-order valence-corrected chi connectivity index (χ1v) is 9.46. The molecule has 134 valence electrons. The molecule has 2 aromatic heterocycles. The lowest BCUT2D eigenvalue weighted by Gasteiger charge is -2.05. The number of nitrogens with one attached hydrogen (secondary N) is 2. The normalized spacial score (nSPS) is 10.7. The highest BCUT2D eigenvalue weighted by Gasteiger charge is 2.10. The first-order chi connectivity index (χ1) is 13.2. The maximum Gasteiger partial charge on any atom is 0.230 e. The number of aryl methyl sites for hydroxylation is 1. The molecule has 0 aliphatic carbocycles. The fraction of sp³-hybridized carbons (Fsp3) is 0.0952. The summed E-state index contributed by atoms with van der Waals surface area (Å²) in [4.78, 5) is 16.9. The molecule has 0 radical (unpaired) electrons. The van der Waals surface area contributed by atoms with E-state index in [0.29, 0.717) is 0 Å². The largest absolute Gasteiger partial charge is 0.326 e. The molecule has 2 N–H and O–H groups in total. The number of hydrogen-bond donors (Lipinski definition) is 2. The van der Waals surface area contributed by atoms with Crippen LogP contribution >= 0.6 is 11.3 Å². The summed E-state index contributed by atoms with van der Waals surface area (Å²) in [6.45, 7) is 2.06. The summed E-state index contributed by atoms with van der Waals surface area (Å²) in [5, 5.41) is 12.7. The summed E-state index contributed by atoms with van der Waals surface area (Å²) in [5.41, 5.74) is 5.79. The molecule has 6 heteroatoms. The van der Waals surface area contributed by atoms with Gasteiger partial charge >= 0.3 is 0 Å². The van der Waals surface area contributed by atoms with E-state index < -0.39 is 0 Å². The number of H-pyrrole nitrogens is 1. The molecule has 0 saturated heterocycles. The smallest absolute Gasteiger partial charge is 0.230 e. The predicted molar refractivity (Wildman–Crippen MR) is 109 cm³/mol. The molecule has 2 aromatic carbocycles. The maximum atomic E-state index is 12.3. The Bertz CT molecular complexity index is 1050. The standard InChI is InChI=1S/C21H18N4OS/c1-14-3-2-4-16(11-14)21-24-18(13-27-21)12-20(26)23-17-7-5-15(6-8-17)19-9-10-22-25-19/h2-11,13H,12H2,1H3,(H,22,25)(H,23,26). The summed E-state index contributed by atoms with van der Waals surface area (Å²) in [6.07, 6.45) is 1.97. The lowest BCUT2D eigenvalue weighted by atomic mass is 10.1. The minimum absolute atomic E-state index is 0.0783. The van der Waals surface area contributed by atoms with Gasteiger partial charge in [-0.3, -0.25) is 9.89 Å². The number of hydrogen-bond acceptors (Lipinski definition) is 4. The zero-order chi connectivity index (χ0) is 18.6. The molecular formula is C21H18N4OS. The number of carbonyl (C=O) groups excluding carboxylic acids is 1. The van der Waals surface area contributed by atoms with Gasteiger partial charge in [0.25, 0.3) is 0 Å². The van der Waals surface area contributed by atoms with Crippen molar-refractivity contribution in [1.29, 1.82) is 0 Å². The summed E-state index contributed by atoms with van der Waals surface area (Å²) in [5.74, 6) is -0.0783. The van der Waals surface area contributed by atoms with E-state index in [2.05, 4.69) is 39.6 Å². The minimum atomic E-state index is -0.0783. The number of aromatic nitrogens is 3. The molecule has 0 aliphatic heterocycles. The number of nitrogens with zero attached hydrogens (tertiary/aromatic N) is 2.